The monoisotopic (exact) mass is 248 g/mol. The van der Waals surface area contributed by atoms with Crippen molar-refractivity contribution in [1.29, 1.82) is 0 Å². The lowest BCUT2D eigenvalue weighted by atomic mass is 10.2. The number of carbonyl (C=O) groups is 2. The molecular formula is C7H5BrO3S. The molecule has 0 spiro atoms. The highest BCUT2D eigenvalue weighted by Crippen LogP contribution is 2.27. The van der Waals surface area contributed by atoms with E-state index in [0.717, 1.165) is 11.3 Å². The van der Waals surface area contributed by atoms with E-state index in [9.17, 15) is 9.59 Å². The van der Waals surface area contributed by atoms with Gasteiger partial charge in [-0.2, -0.15) is 0 Å². The number of Topliss-reactive ketones (excluding diaryl/α,β-unsaturated/α-hetero) is 1. The van der Waals surface area contributed by atoms with Gasteiger partial charge in [-0.15, -0.1) is 11.3 Å². The number of ketones is 1. The molecule has 1 aromatic rings. The zero-order chi connectivity index (χ0) is 9.30. The van der Waals surface area contributed by atoms with E-state index in [-0.39, 0.29) is 16.2 Å². The summed E-state index contributed by atoms with van der Waals surface area (Å²) in [4.78, 5) is 21.6. The van der Waals surface area contributed by atoms with Gasteiger partial charge in [0.15, 0.2) is 5.78 Å². The molecule has 3 nitrogen and oxygen atoms in total. The topological polar surface area (TPSA) is 54.4 Å². The minimum absolute atomic E-state index is 0.0920. The fourth-order valence-electron chi connectivity index (χ4n) is 0.822. The van der Waals surface area contributed by atoms with E-state index in [0.29, 0.717) is 4.47 Å². The van der Waals surface area contributed by atoms with Gasteiger partial charge in [-0.3, -0.25) is 4.79 Å². The van der Waals surface area contributed by atoms with Gasteiger partial charge in [0.2, 0.25) is 0 Å². The molecule has 1 rings (SSSR count). The van der Waals surface area contributed by atoms with Crippen LogP contribution in [0.15, 0.2) is 9.85 Å². The van der Waals surface area contributed by atoms with E-state index in [1.165, 1.54) is 6.92 Å². The Kier molecular flexibility index (Phi) is 2.64. The van der Waals surface area contributed by atoms with Gasteiger partial charge in [0.1, 0.15) is 4.88 Å². The lowest BCUT2D eigenvalue weighted by Gasteiger charge is -1.93. The Morgan fingerprint density at radius 3 is 2.50 bits per heavy atom. The van der Waals surface area contributed by atoms with Crippen molar-refractivity contribution in [3.05, 3.63) is 20.3 Å². The molecule has 0 radical (unpaired) electrons. The summed E-state index contributed by atoms with van der Waals surface area (Å²) < 4.78 is 0.553. The molecule has 1 aromatic heterocycles. The normalized spacial score (nSPS) is 9.83. The number of hydrogen-bond donors (Lipinski definition) is 1. The minimum atomic E-state index is -1.06. The van der Waals surface area contributed by atoms with Crippen LogP contribution >= 0.6 is 27.3 Å². The molecule has 1 N–H and O–H groups in total. The van der Waals surface area contributed by atoms with Crippen LogP contribution in [0.25, 0.3) is 0 Å². The van der Waals surface area contributed by atoms with Crippen LogP contribution in [0.3, 0.4) is 0 Å². The summed E-state index contributed by atoms with van der Waals surface area (Å²) in [6.45, 7) is 1.35. The molecule has 5 heteroatoms. The fourth-order valence-corrected chi connectivity index (χ4v) is 2.52. The standard InChI is InChI=1S/C7H5BrO3S/c1-3(9)5-4(8)2-12-6(5)7(10)11/h2H,1H3,(H,10,11). The number of halogens is 1. The Morgan fingerprint density at radius 2 is 2.17 bits per heavy atom. The number of thiophene rings is 1. The van der Waals surface area contributed by atoms with Crippen molar-refractivity contribution in [1.82, 2.24) is 0 Å². The number of aromatic carboxylic acids is 1. The van der Waals surface area contributed by atoms with E-state index in [1.54, 1.807) is 5.38 Å². The molecule has 0 aliphatic rings. The molecule has 0 unspecified atom stereocenters. The second kappa shape index (κ2) is 3.37. The van der Waals surface area contributed by atoms with E-state index < -0.39 is 5.97 Å². The molecule has 0 aromatic carbocycles. The average molecular weight is 249 g/mol. The van der Waals surface area contributed by atoms with Gasteiger partial charge >= 0.3 is 5.97 Å². The van der Waals surface area contributed by atoms with Crippen LogP contribution in [0.4, 0.5) is 0 Å². The molecular weight excluding hydrogens is 244 g/mol. The second-order valence-electron chi connectivity index (χ2n) is 2.15. The summed E-state index contributed by atoms with van der Waals surface area (Å²) in [7, 11) is 0. The summed E-state index contributed by atoms with van der Waals surface area (Å²) in [5.41, 5.74) is 0.257. The van der Waals surface area contributed by atoms with E-state index >= 15 is 0 Å². The predicted molar refractivity (Wildman–Crippen MR) is 49.0 cm³/mol. The van der Waals surface area contributed by atoms with E-state index in [4.69, 9.17) is 5.11 Å². The number of hydrogen-bond acceptors (Lipinski definition) is 3. The van der Waals surface area contributed by atoms with Crippen LogP contribution in [0, 0.1) is 0 Å². The smallest absolute Gasteiger partial charge is 0.346 e. The summed E-state index contributed by atoms with van der Waals surface area (Å²) >= 11 is 4.16. The van der Waals surface area contributed by atoms with Crippen LogP contribution in [0.5, 0.6) is 0 Å². The van der Waals surface area contributed by atoms with Crippen LogP contribution < -0.4 is 0 Å². The number of carboxylic acids is 1. The number of carbonyl (C=O) groups excluding carboxylic acids is 1. The van der Waals surface area contributed by atoms with Crippen LogP contribution in [0.1, 0.15) is 27.0 Å². The van der Waals surface area contributed by atoms with Gasteiger partial charge in [-0.25, -0.2) is 4.79 Å². The van der Waals surface area contributed by atoms with Gasteiger partial charge in [-0.1, -0.05) is 0 Å². The first-order chi connectivity index (χ1) is 5.54. The number of rotatable bonds is 2. The third-order valence-electron chi connectivity index (χ3n) is 1.29. The SMILES string of the molecule is CC(=O)c1c(Br)csc1C(=O)O. The lowest BCUT2D eigenvalue weighted by Crippen LogP contribution is -2.01. The highest BCUT2D eigenvalue weighted by atomic mass is 79.9. The maximum Gasteiger partial charge on any atom is 0.346 e. The van der Waals surface area contributed by atoms with Crippen LogP contribution in [0.2, 0.25) is 0 Å². The van der Waals surface area contributed by atoms with Gasteiger partial charge in [0, 0.05) is 9.85 Å². The van der Waals surface area contributed by atoms with E-state index in [2.05, 4.69) is 15.9 Å². The summed E-state index contributed by atoms with van der Waals surface area (Å²) in [6, 6.07) is 0. The molecule has 0 fully saturated rings. The molecule has 0 saturated heterocycles. The first-order valence-electron chi connectivity index (χ1n) is 3.05. The maximum absolute atomic E-state index is 11.0. The molecule has 0 bridgehead atoms. The van der Waals surface area contributed by atoms with Crippen molar-refractivity contribution in [2.75, 3.05) is 0 Å². The highest BCUT2D eigenvalue weighted by molar-refractivity contribution is 9.10. The lowest BCUT2D eigenvalue weighted by molar-refractivity contribution is 0.0698. The third kappa shape index (κ3) is 1.56. The van der Waals surface area contributed by atoms with Gasteiger partial charge in [0.05, 0.1) is 5.56 Å². The largest absolute Gasteiger partial charge is 0.477 e. The van der Waals surface area contributed by atoms with Crippen molar-refractivity contribution in [3.63, 3.8) is 0 Å². The molecule has 0 atom stereocenters. The quantitative estimate of drug-likeness (QED) is 0.819. The average Bonchev–Trinajstić information content (AvgIpc) is 2.30. The zero-order valence-electron chi connectivity index (χ0n) is 6.13. The van der Waals surface area contributed by atoms with Crippen molar-refractivity contribution in [2.24, 2.45) is 0 Å². The van der Waals surface area contributed by atoms with Gasteiger partial charge in [-0.05, 0) is 22.9 Å². The Balaban J connectivity index is 3.31. The zero-order valence-corrected chi connectivity index (χ0v) is 8.53. The molecule has 1 heterocycles. The van der Waals surface area contributed by atoms with Crippen molar-refractivity contribution in [2.45, 2.75) is 6.92 Å². The summed E-state index contributed by atoms with van der Waals surface area (Å²) in [5.74, 6) is -1.29. The summed E-state index contributed by atoms with van der Waals surface area (Å²) in [6.07, 6.45) is 0. The number of carboxylic acid groups (broad SMARTS) is 1. The molecule has 12 heavy (non-hydrogen) atoms. The van der Waals surface area contributed by atoms with Gasteiger partial charge < -0.3 is 5.11 Å². The molecule has 0 saturated carbocycles. The van der Waals surface area contributed by atoms with E-state index in [1.807, 2.05) is 0 Å². The molecule has 0 amide bonds. The Hall–Kier alpha value is -0.680. The molecule has 0 aliphatic carbocycles. The molecule has 0 aliphatic heterocycles. The summed E-state index contributed by atoms with van der Waals surface area (Å²) in [5, 5.41) is 10.3. The van der Waals surface area contributed by atoms with Crippen LogP contribution in [-0.4, -0.2) is 16.9 Å². The predicted octanol–water partition coefficient (Wildman–Crippen LogP) is 2.41. The maximum atomic E-state index is 11.0. The Morgan fingerprint density at radius 1 is 1.58 bits per heavy atom. The van der Waals surface area contributed by atoms with Crippen molar-refractivity contribution in [3.8, 4) is 0 Å². The van der Waals surface area contributed by atoms with Crippen molar-refractivity contribution >= 4 is 39.0 Å². The third-order valence-corrected chi connectivity index (χ3v) is 3.19. The molecule has 64 valence electrons. The highest BCUT2D eigenvalue weighted by Gasteiger charge is 2.18. The Labute approximate surface area is 81.2 Å². The van der Waals surface area contributed by atoms with Crippen molar-refractivity contribution < 1.29 is 14.7 Å². The first-order valence-corrected chi connectivity index (χ1v) is 4.72. The van der Waals surface area contributed by atoms with Crippen LogP contribution in [-0.2, 0) is 0 Å². The second-order valence-corrected chi connectivity index (χ2v) is 3.88. The first kappa shape index (κ1) is 9.41. The fraction of sp³-hybridized carbons (Fsp3) is 0.143. The minimum Gasteiger partial charge on any atom is -0.477 e. The Bertz CT molecular complexity index is 342. The van der Waals surface area contributed by atoms with Gasteiger partial charge in [0.25, 0.3) is 0 Å².